The molecule has 0 atom stereocenters. The fourth-order valence-electron chi connectivity index (χ4n) is 1.80. The third-order valence-corrected chi connectivity index (χ3v) is 2.46. The fraction of sp³-hybridized carbons (Fsp3) is 0.462. The number of carbonyl (C=O) groups is 2. The Bertz CT molecular complexity index is 408. The number of nitrogens with one attached hydrogen (secondary N) is 1. The van der Waals surface area contributed by atoms with Crippen molar-refractivity contribution in [1.29, 1.82) is 0 Å². The molecule has 0 fully saturated rings. The molecule has 1 rings (SSSR count). The highest BCUT2D eigenvalue weighted by atomic mass is 16.2. The molecule has 0 saturated carbocycles. The fourth-order valence-corrected chi connectivity index (χ4v) is 1.80. The summed E-state index contributed by atoms with van der Waals surface area (Å²) in [6, 6.07) is 3.35. The molecule has 0 aliphatic heterocycles. The van der Waals surface area contributed by atoms with Crippen LogP contribution in [0.3, 0.4) is 0 Å². The lowest BCUT2D eigenvalue weighted by atomic mass is 10.2. The minimum Gasteiger partial charge on any atom is -0.330 e. The van der Waals surface area contributed by atoms with Crippen LogP contribution in [0, 0.1) is 0 Å². The number of hydrogen-bond donors (Lipinski definition) is 1. The van der Waals surface area contributed by atoms with Gasteiger partial charge in [-0.15, -0.1) is 0 Å². The summed E-state index contributed by atoms with van der Waals surface area (Å²) in [5, 5.41) is 2.54. The van der Waals surface area contributed by atoms with Gasteiger partial charge in [0.2, 0.25) is 0 Å². The summed E-state index contributed by atoms with van der Waals surface area (Å²) in [7, 11) is 0. The van der Waals surface area contributed by atoms with Crippen molar-refractivity contribution in [2.45, 2.75) is 39.8 Å². The third-order valence-electron chi connectivity index (χ3n) is 2.46. The zero-order valence-electron chi connectivity index (χ0n) is 11.2. The Balaban J connectivity index is 2.75. The molecule has 0 aliphatic rings. The van der Waals surface area contributed by atoms with Crippen LogP contribution in [0.4, 0.5) is 5.69 Å². The maximum Gasteiger partial charge on any atom is 0.313 e. The van der Waals surface area contributed by atoms with E-state index in [0.717, 1.165) is 0 Å². The smallest absolute Gasteiger partial charge is 0.313 e. The Kier molecular flexibility index (Phi) is 4.83. The Hall–Kier alpha value is -1.91. The molecule has 18 heavy (non-hydrogen) atoms. The van der Waals surface area contributed by atoms with Gasteiger partial charge < -0.3 is 10.2 Å². The number of aromatic nitrogens is 1. The summed E-state index contributed by atoms with van der Waals surface area (Å²) >= 11 is 0. The zero-order valence-corrected chi connectivity index (χ0v) is 11.2. The van der Waals surface area contributed by atoms with Crippen LogP contribution in [0.25, 0.3) is 0 Å². The molecule has 1 aromatic heterocycles. The van der Waals surface area contributed by atoms with Gasteiger partial charge in [-0.1, -0.05) is 0 Å². The van der Waals surface area contributed by atoms with E-state index < -0.39 is 11.8 Å². The summed E-state index contributed by atoms with van der Waals surface area (Å²) in [6.45, 7) is 7.54. The summed E-state index contributed by atoms with van der Waals surface area (Å²) in [5.41, 5.74) is 0.517. The molecule has 1 heterocycles. The molecule has 1 N–H and O–H groups in total. The molecule has 5 heteroatoms. The maximum atomic E-state index is 12.0. The van der Waals surface area contributed by atoms with Gasteiger partial charge >= 0.3 is 11.8 Å². The summed E-state index contributed by atoms with van der Waals surface area (Å²) in [5.74, 6) is -1.16. The van der Waals surface area contributed by atoms with Gasteiger partial charge in [0.1, 0.15) is 0 Å². The van der Waals surface area contributed by atoms with Gasteiger partial charge in [0.15, 0.2) is 0 Å². The Morgan fingerprint density at radius 3 is 2.28 bits per heavy atom. The van der Waals surface area contributed by atoms with Gasteiger partial charge in [-0.25, -0.2) is 0 Å². The lowest BCUT2D eigenvalue weighted by molar-refractivity contribution is -0.145. The molecular formula is C13H19N3O2. The highest BCUT2D eigenvalue weighted by Gasteiger charge is 2.26. The van der Waals surface area contributed by atoms with Crippen LogP contribution >= 0.6 is 0 Å². The van der Waals surface area contributed by atoms with Crippen molar-refractivity contribution in [3.8, 4) is 0 Å². The Morgan fingerprint density at radius 2 is 1.83 bits per heavy atom. The number of hydrogen-bond acceptors (Lipinski definition) is 3. The van der Waals surface area contributed by atoms with Crippen molar-refractivity contribution in [2.24, 2.45) is 0 Å². The van der Waals surface area contributed by atoms with Crippen molar-refractivity contribution >= 4 is 17.5 Å². The molecule has 0 saturated heterocycles. The first-order chi connectivity index (χ1) is 8.43. The van der Waals surface area contributed by atoms with E-state index in [2.05, 4.69) is 10.3 Å². The van der Waals surface area contributed by atoms with Crippen LogP contribution < -0.4 is 5.32 Å². The van der Waals surface area contributed by atoms with Crippen molar-refractivity contribution < 1.29 is 9.59 Å². The van der Waals surface area contributed by atoms with Gasteiger partial charge in [0.05, 0.1) is 11.9 Å². The van der Waals surface area contributed by atoms with Crippen molar-refractivity contribution in [3.63, 3.8) is 0 Å². The van der Waals surface area contributed by atoms with E-state index in [0.29, 0.717) is 5.69 Å². The average molecular weight is 249 g/mol. The lowest BCUT2D eigenvalue weighted by Crippen LogP contribution is -2.47. The van der Waals surface area contributed by atoms with Crippen LogP contribution in [0.5, 0.6) is 0 Å². The first-order valence-corrected chi connectivity index (χ1v) is 5.97. The monoisotopic (exact) mass is 249 g/mol. The lowest BCUT2D eigenvalue weighted by Gasteiger charge is -2.29. The minimum atomic E-state index is -0.634. The number of pyridine rings is 1. The van der Waals surface area contributed by atoms with E-state index in [4.69, 9.17) is 0 Å². The van der Waals surface area contributed by atoms with E-state index in [1.807, 2.05) is 27.7 Å². The molecule has 0 bridgehead atoms. The zero-order chi connectivity index (χ0) is 13.7. The van der Waals surface area contributed by atoms with Gasteiger partial charge in [0, 0.05) is 18.3 Å². The molecule has 5 nitrogen and oxygen atoms in total. The van der Waals surface area contributed by atoms with Crippen LogP contribution in [0.2, 0.25) is 0 Å². The van der Waals surface area contributed by atoms with Crippen LogP contribution in [0.1, 0.15) is 27.7 Å². The van der Waals surface area contributed by atoms with Gasteiger partial charge in [-0.3, -0.25) is 14.6 Å². The second-order valence-electron chi connectivity index (χ2n) is 4.60. The highest BCUT2D eigenvalue weighted by molar-refractivity contribution is 6.39. The predicted molar refractivity (Wildman–Crippen MR) is 70.0 cm³/mol. The molecular weight excluding hydrogens is 230 g/mol. The van der Waals surface area contributed by atoms with Crippen molar-refractivity contribution in [2.75, 3.05) is 5.32 Å². The largest absolute Gasteiger partial charge is 0.330 e. The van der Waals surface area contributed by atoms with E-state index in [9.17, 15) is 9.59 Å². The third kappa shape index (κ3) is 3.55. The second-order valence-corrected chi connectivity index (χ2v) is 4.60. The molecule has 0 radical (unpaired) electrons. The molecule has 2 amide bonds. The number of rotatable bonds is 3. The Morgan fingerprint density at radius 1 is 1.22 bits per heavy atom. The molecule has 0 aromatic carbocycles. The van der Waals surface area contributed by atoms with Gasteiger partial charge in [-0.05, 0) is 39.8 Å². The number of amides is 2. The van der Waals surface area contributed by atoms with Crippen LogP contribution in [-0.4, -0.2) is 33.8 Å². The average Bonchev–Trinajstić information content (AvgIpc) is 2.29. The predicted octanol–water partition coefficient (Wildman–Crippen LogP) is 1.67. The number of carbonyl (C=O) groups excluding carboxylic acids is 2. The van der Waals surface area contributed by atoms with E-state index in [-0.39, 0.29) is 12.1 Å². The van der Waals surface area contributed by atoms with E-state index >= 15 is 0 Å². The standard InChI is InChI=1S/C13H19N3O2/c1-9(2)16(10(3)4)13(18)12(17)15-11-6-5-7-14-8-11/h5-10H,1-4H3,(H,15,17). The summed E-state index contributed by atoms with van der Waals surface area (Å²) < 4.78 is 0. The summed E-state index contributed by atoms with van der Waals surface area (Å²) in [4.78, 5) is 29.3. The molecule has 0 spiro atoms. The normalized spacial score (nSPS) is 10.6. The minimum absolute atomic E-state index is 0.0165. The molecule has 98 valence electrons. The topological polar surface area (TPSA) is 62.3 Å². The number of nitrogens with zero attached hydrogens (tertiary/aromatic N) is 2. The first kappa shape index (κ1) is 14.2. The highest BCUT2D eigenvalue weighted by Crippen LogP contribution is 2.08. The summed E-state index contributed by atoms with van der Waals surface area (Å²) in [6.07, 6.45) is 3.10. The first-order valence-electron chi connectivity index (χ1n) is 5.97. The molecule has 0 unspecified atom stereocenters. The molecule has 0 aliphatic carbocycles. The van der Waals surface area contributed by atoms with Crippen LogP contribution in [-0.2, 0) is 9.59 Å². The van der Waals surface area contributed by atoms with Crippen molar-refractivity contribution in [3.05, 3.63) is 24.5 Å². The Labute approximate surface area is 107 Å². The van der Waals surface area contributed by atoms with Gasteiger partial charge in [0.25, 0.3) is 0 Å². The molecule has 1 aromatic rings. The maximum absolute atomic E-state index is 12.0. The second kappa shape index (κ2) is 6.14. The van der Waals surface area contributed by atoms with Crippen molar-refractivity contribution in [1.82, 2.24) is 9.88 Å². The van der Waals surface area contributed by atoms with Gasteiger partial charge in [-0.2, -0.15) is 0 Å². The van der Waals surface area contributed by atoms with E-state index in [1.165, 1.54) is 6.20 Å². The number of anilines is 1. The SMILES string of the molecule is CC(C)N(C(=O)C(=O)Nc1cccnc1)C(C)C. The van der Waals surface area contributed by atoms with Crippen LogP contribution in [0.15, 0.2) is 24.5 Å². The van der Waals surface area contributed by atoms with E-state index in [1.54, 1.807) is 23.2 Å². The quantitative estimate of drug-likeness (QED) is 0.829.